The van der Waals surface area contributed by atoms with Crippen molar-refractivity contribution in [3.8, 4) is 34.2 Å². The number of methoxy groups -OCH3 is 1. The van der Waals surface area contributed by atoms with Crippen molar-refractivity contribution in [1.82, 2.24) is 4.98 Å². The zero-order valence-electron chi connectivity index (χ0n) is 13.0. The number of halogens is 1. The summed E-state index contributed by atoms with van der Waals surface area (Å²) in [6.07, 6.45) is 0. The molecule has 2 aromatic carbocycles. The van der Waals surface area contributed by atoms with Crippen molar-refractivity contribution in [2.24, 2.45) is 0 Å². The molecule has 0 amide bonds. The molecule has 0 bridgehead atoms. The number of benzene rings is 2. The first-order valence-corrected chi connectivity index (χ1v) is 8.03. The minimum absolute atomic E-state index is 0.219. The van der Waals surface area contributed by atoms with Crippen LogP contribution in [0.1, 0.15) is 5.56 Å². The van der Waals surface area contributed by atoms with Crippen molar-refractivity contribution >= 4 is 21.7 Å². The first kappa shape index (κ1) is 16.0. The minimum atomic E-state index is 0.219. The third-order valence-electron chi connectivity index (χ3n) is 3.71. The summed E-state index contributed by atoms with van der Waals surface area (Å²) in [5.41, 5.74) is 9.68. The van der Waals surface area contributed by atoms with Crippen molar-refractivity contribution in [2.45, 2.75) is 0 Å². The van der Waals surface area contributed by atoms with Gasteiger partial charge < -0.3 is 10.5 Å². The van der Waals surface area contributed by atoms with Crippen molar-refractivity contribution < 1.29 is 4.74 Å². The summed E-state index contributed by atoms with van der Waals surface area (Å²) in [5, 5.41) is 9.48. The molecular formula is C19H14BrN3O. The number of aromatic nitrogens is 1. The van der Waals surface area contributed by atoms with E-state index in [4.69, 9.17) is 10.5 Å². The average Bonchev–Trinajstić information content (AvgIpc) is 2.61. The van der Waals surface area contributed by atoms with Crippen LogP contribution in [-0.2, 0) is 0 Å². The van der Waals surface area contributed by atoms with Gasteiger partial charge in [-0.1, -0.05) is 34.1 Å². The summed E-state index contributed by atoms with van der Waals surface area (Å²) in [4.78, 5) is 4.38. The third-order valence-corrected chi connectivity index (χ3v) is 4.40. The van der Waals surface area contributed by atoms with Gasteiger partial charge in [0.25, 0.3) is 0 Å². The second-order valence-corrected chi connectivity index (χ2v) is 5.99. The molecular weight excluding hydrogens is 366 g/mol. The topological polar surface area (TPSA) is 71.9 Å². The largest absolute Gasteiger partial charge is 0.497 e. The molecule has 0 aliphatic heterocycles. The molecule has 24 heavy (non-hydrogen) atoms. The van der Waals surface area contributed by atoms with E-state index in [2.05, 4.69) is 27.0 Å². The van der Waals surface area contributed by atoms with Gasteiger partial charge in [-0.05, 0) is 42.0 Å². The number of ether oxygens (including phenoxy) is 1. The second-order valence-electron chi connectivity index (χ2n) is 5.14. The lowest BCUT2D eigenvalue weighted by Crippen LogP contribution is -2.00. The highest BCUT2D eigenvalue weighted by Gasteiger charge is 2.15. The summed E-state index contributed by atoms with van der Waals surface area (Å²) in [5.74, 6) is 0.989. The molecule has 4 nitrogen and oxygen atoms in total. The molecule has 0 unspecified atom stereocenters. The van der Waals surface area contributed by atoms with Gasteiger partial charge in [0.05, 0.1) is 12.8 Å². The number of rotatable bonds is 3. The van der Waals surface area contributed by atoms with Crippen molar-refractivity contribution in [3.63, 3.8) is 0 Å². The Bertz CT molecular complexity index is 930. The maximum absolute atomic E-state index is 9.48. The highest BCUT2D eigenvalue weighted by atomic mass is 79.9. The van der Waals surface area contributed by atoms with Crippen LogP contribution in [0.15, 0.2) is 59.1 Å². The lowest BCUT2D eigenvalue weighted by Gasteiger charge is -2.12. The summed E-state index contributed by atoms with van der Waals surface area (Å²) in [6.45, 7) is 0. The molecule has 0 aliphatic rings. The number of hydrogen-bond acceptors (Lipinski definition) is 4. The van der Waals surface area contributed by atoms with E-state index >= 15 is 0 Å². The van der Waals surface area contributed by atoms with Gasteiger partial charge in [0, 0.05) is 15.6 Å². The van der Waals surface area contributed by atoms with Gasteiger partial charge in [0.15, 0.2) is 0 Å². The molecule has 0 spiro atoms. The van der Waals surface area contributed by atoms with E-state index in [9.17, 15) is 5.26 Å². The number of hydrogen-bond donors (Lipinski definition) is 1. The average molecular weight is 380 g/mol. The highest BCUT2D eigenvalue weighted by Crippen LogP contribution is 2.35. The fourth-order valence-corrected chi connectivity index (χ4v) is 2.98. The predicted molar refractivity (Wildman–Crippen MR) is 98.5 cm³/mol. The summed E-state index contributed by atoms with van der Waals surface area (Å²) >= 11 is 3.53. The third kappa shape index (κ3) is 2.97. The molecule has 0 saturated carbocycles. The highest BCUT2D eigenvalue weighted by molar-refractivity contribution is 9.10. The van der Waals surface area contributed by atoms with Crippen LogP contribution in [0.2, 0.25) is 0 Å². The fraction of sp³-hybridized carbons (Fsp3) is 0.0526. The van der Waals surface area contributed by atoms with Gasteiger partial charge in [0.1, 0.15) is 23.2 Å². The number of nitrogens with two attached hydrogens (primary N) is 1. The molecule has 2 N–H and O–H groups in total. The Kier molecular flexibility index (Phi) is 4.50. The number of nitriles is 1. The predicted octanol–water partition coefficient (Wildman–Crippen LogP) is 4.64. The Morgan fingerprint density at radius 3 is 2.42 bits per heavy atom. The molecule has 0 atom stereocenters. The lowest BCUT2D eigenvalue weighted by molar-refractivity contribution is 0.415. The normalized spacial score (nSPS) is 10.2. The van der Waals surface area contributed by atoms with E-state index in [-0.39, 0.29) is 5.82 Å². The van der Waals surface area contributed by atoms with E-state index in [0.29, 0.717) is 11.3 Å². The standard InChI is InChI=1S/C19H14BrN3O/c1-24-13-8-6-12(7-9-13)18-10-15(16(11-21)19(22)23-18)14-4-2-3-5-17(14)20/h2-10H,1H3,(H2,22,23). The van der Waals surface area contributed by atoms with Crippen molar-refractivity contribution in [3.05, 3.63) is 64.6 Å². The van der Waals surface area contributed by atoms with Crippen LogP contribution in [-0.4, -0.2) is 12.1 Å². The SMILES string of the molecule is COc1ccc(-c2cc(-c3ccccc3Br)c(C#N)c(N)n2)cc1. The minimum Gasteiger partial charge on any atom is -0.497 e. The number of nitrogen functional groups attached to an aromatic ring is 1. The fourth-order valence-electron chi connectivity index (χ4n) is 2.48. The van der Waals surface area contributed by atoms with E-state index < -0.39 is 0 Å². The monoisotopic (exact) mass is 379 g/mol. The van der Waals surface area contributed by atoms with E-state index in [1.165, 1.54) is 0 Å². The second kappa shape index (κ2) is 6.73. The van der Waals surface area contributed by atoms with Gasteiger partial charge >= 0.3 is 0 Å². The van der Waals surface area contributed by atoms with Gasteiger partial charge in [-0.2, -0.15) is 5.26 Å². The van der Waals surface area contributed by atoms with Crippen LogP contribution in [0.5, 0.6) is 5.75 Å². The molecule has 1 aromatic heterocycles. The first-order valence-electron chi connectivity index (χ1n) is 7.24. The van der Waals surface area contributed by atoms with Crippen LogP contribution < -0.4 is 10.5 Å². The van der Waals surface area contributed by atoms with Crippen LogP contribution in [0.3, 0.4) is 0 Å². The van der Waals surface area contributed by atoms with Crippen molar-refractivity contribution in [2.75, 3.05) is 12.8 Å². The summed E-state index contributed by atoms with van der Waals surface area (Å²) in [6, 6.07) is 19.3. The summed E-state index contributed by atoms with van der Waals surface area (Å²) < 4.78 is 6.08. The van der Waals surface area contributed by atoms with E-state index in [0.717, 1.165) is 26.9 Å². The smallest absolute Gasteiger partial charge is 0.142 e. The van der Waals surface area contributed by atoms with Crippen LogP contribution >= 0.6 is 15.9 Å². The Morgan fingerprint density at radius 2 is 1.79 bits per heavy atom. The van der Waals surface area contributed by atoms with E-state index in [1.54, 1.807) is 7.11 Å². The van der Waals surface area contributed by atoms with Gasteiger partial charge in [-0.3, -0.25) is 0 Å². The quantitative estimate of drug-likeness (QED) is 0.719. The van der Waals surface area contributed by atoms with Crippen LogP contribution in [0.25, 0.3) is 22.4 Å². The first-order chi connectivity index (χ1) is 11.6. The molecule has 0 saturated heterocycles. The molecule has 3 aromatic rings. The molecule has 0 aliphatic carbocycles. The molecule has 5 heteroatoms. The number of anilines is 1. The Morgan fingerprint density at radius 1 is 1.08 bits per heavy atom. The number of nitrogens with zero attached hydrogens (tertiary/aromatic N) is 2. The Hall–Kier alpha value is -2.84. The molecule has 0 radical (unpaired) electrons. The van der Waals surface area contributed by atoms with Crippen LogP contribution in [0, 0.1) is 11.3 Å². The zero-order chi connectivity index (χ0) is 17.1. The molecule has 0 fully saturated rings. The Balaban J connectivity index is 2.20. The number of pyridine rings is 1. The maximum Gasteiger partial charge on any atom is 0.142 e. The van der Waals surface area contributed by atoms with Crippen molar-refractivity contribution in [1.29, 1.82) is 5.26 Å². The van der Waals surface area contributed by atoms with E-state index in [1.807, 2.05) is 54.6 Å². The molecule has 118 valence electrons. The molecule has 1 heterocycles. The van der Waals surface area contributed by atoms with Gasteiger partial charge in [0.2, 0.25) is 0 Å². The molecule has 3 rings (SSSR count). The maximum atomic E-state index is 9.48. The van der Waals surface area contributed by atoms with Gasteiger partial charge in [-0.15, -0.1) is 0 Å². The summed E-state index contributed by atoms with van der Waals surface area (Å²) in [7, 11) is 1.62. The van der Waals surface area contributed by atoms with Crippen LogP contribution in [0.4, 0.5) is 5.82 Å². The zero-order valence-corrected chi connectivity index (χ0v) is 14.5. The Labute approximate surface area is 148 Å². The lowest BCUT2D eigenvalue weighted by atomic mass is 9.98. The van der Waals surface area contributed by atoms with Gasteiger partial charge in [-0.25, -0.2) is 4.98 Å².